The number of likely N-dealkylation sites (tertiary alicyclic amines) is 1. The third-order valence-corrected chi connectivity index (χ3v) is 5.84. The summed E-state index contributed by atoms with van der Waals surface area (Å²) < 4.78 is 13.3. The number of aromatic nitrogens is 2. The molecule has 1 aromatic carbocycles. The Morgan fingerprint density at radius 1 is 1.21 bits per heavy atom. The molecular weight excluding hydrogens is 371 g/mol. The molecule has 29 heavy (non-hydrogen) atoms. The van der Waals surface area contributed by atoms with Gasteiger partial charge in [0.15, 0.2) is 0 Å². The van der Waals surface area contributed by atoms with Crippen molar-refractivity contribution in [1.29, 1.82) is 0 Å². The van der Waals surface area contributed by atoms with Crippen LogP contribution in [0.2, 0.25) is 0 Å². The van der Waals surface area contributed by atoms with Crippen LogP contribution in [0.25, 0.3) is 0 Å². The lowest BCUT2D eigenvalue weighted by Gasteiger charge is -2.33. The summed E-state index contributed by atoms with van der Waals surface area (Å²) in [7, 11) is 0. The van der Waals surface area contributed by atoms with E-state index >= 15 is 0 Å². The van der Waals surface area contributed by atoms with Gasteiger partial charge >= 0.3 is 0 Å². The van der Waals surface area contributed by atoms with Crippen LogP contribution < -0.4 is 4.90 Å². The maximum Gasteiger partial charge on any atom is 0.228 e. The summed E-state index contributed by atoms with van der Waals surface area (Å²) in [5, 5.41) is 0. The molecule has 0 N–H and O–H groups in total. The molecule has 4 rings (SSSR count). The zero-order valence-corrected chi connectivity index (χ0v) is 16.8. The number of rotatable bonds is 3. The van der Waals surface area contributed by atoms with Gasteiger partial charge in [0.25, 0.3) is 0 Å². The van der Waals surface area contributed by atoms with Crippen LogP contribution in [-0.2, 0) is 22.6 Å². The van der Waals surface area contributed by atoms with E-state index in [2.05, 4.69) is 0 Å². The smallest absolute Gasteiger partial charge is 0.228 e. The standard InChI is InChI=1S/C22H25FN4O2/c1-14-19-9-10-20(29)27(12-16-5-7-18(23)8-6-16)22(19)25-21(24-14)17-4-3-11-26(13-17)15(2)28/h5-8,17H,3-4,9-13H2,1-2H3/t17-/m0/s1. The molecule has 0 aliphatic carbocycles. The summed E-state index contributed by atoms with van der Waals surface area (Å²) in [6.07, 6.45) is 2.89. The Bertz CT molecular complexity index is 945. The van der Waals surface area contributed by atoms with Gasteiger partial charge in [-0.1, -0.05) is 12.1 Å². The summed E-state index contributed by atoms with van der Waals surface area (Å²) in [5.41, 5.74) is 2.74. The predicted molar refractivity (Wildman–Crippen MR) is 107 cm³/mol. The van der Waals surface area contributed by atoms with E-state index in [1.165, 1.54) is 12.1 Å². The van der Waals surface area contributed by atoms with E-state index in [1.807, 2.05) is 11.8 Å². The predicted octanol–water partition coefficient (Wildman–Crippen LogP) is 3.13. The number of aryl methyl sites for hydroxylation is 1. The number of nitrogens with zero attached hydrogens (tertiary/aromatic N) is 4. The van der Waals surface area contributed by atoms with Crippen molar-refractivity contribution in [2.24, 2.45) is 0 Å². The Hall–Kier alpha value is -2.83. The first kappa shape index (κ1) is 19.5. The molecule has 0 radical (unpaired) electrons. The van der Waals surface area contributed by atoms with Crippen LogP contribution in [0.4, 0.5) is 10.2 Å². The van der Waals surface area contributed by atoms with Crippen LogP contribution >= 0.6 is 0 Å². The number of benzene rings is 1. The molecule has 2 amide bonds. The second-order valence-corrected chi connectivity index (χ2v) is 7.88. The van der Waals surface area contributed by atoms with Crippen LogP contribution in [0.3, 0.4) is 0 Å². The molecule has 1 aromatic heterocycles. The summed E-state index contributed by atoms with van der Waals surface area (Å²) >= 11 is 0. The summed E-state index contributed by atoms with van der Waals surface area (Å²) in [6.45, 7) is 5.28. The van der Waals surface area contributed by atoms with Gasteiger partial charge in [-0.15, -0.1) is 0 Å². The molecule has 0 unspecified atom stereocenters. The lowest BCUT2D eigenvalue weighted by molar-refractivity contribution is -0.130. The Kier molecular flexibility index (Phi) is 5.30. The monoisotopic (exact) mass is 396 g/mol. The summed E-state index contributed by atoms with van der Waals surface area (Å²) in [4.78, 5) is 37.6. The minimum Gasteiger partial charge on any atom is -0.342 e. The van der Waals surface area contributed by atoms with Gasteiger partial charge in [0, 0.05) is 43.6 Å². The Morgan fingerprint density at radius 2 is 1.97 bits per heavy atom. The highest BCUT2D eigenvalue weighted by Gasteiger charge is 2.31. The third-order valence-electron chi connectivity index (χ3n) is 5.84. The molecule has 6 nitrogen and oxygen atoms in total. The molecule has 2 aromatic rings. The lowest BCUT2D eigenvalue weighted by atomic mass is 9.96. The molecule has 0 bridgehead atoms. The minimum atomic E-state index is -0.299. The fourth-order valence-corrected chi connectivity index (χ4v) is 4.19. The molecule has 1 saturated heterocycles. The van der Waals surface area contributed by atoms with Crippen molar-refractivity contribution in [2.45, 2.75) is 52.0 Å². The van der Waals surface area contributed by atoms with Crippen molar-refractivity contribution >= 4 is 17.6 Å². The van der Waals surface area contributed by atoms with Crippen LogP contribution in [0.15, 0.2) is 24.3 Å². The average molecular weight is 396 g/mol. The van der Waals surface area contributed by atoms with E-state index in [0.717, 1.165) is 36.2 Å². The van der Waals surface area contributed by atoms with Crippen LogP contribution in [0, 0.1) is 12.7 Å². The zero-order chi connectivity index (χ0) is 20.5. The van der Waals surface area contributed by atoms with Gasteiger partial charge in [0.1, 0.15) is 17.5 Å². The maximum absolute atomic E-state index is 13.3. The van der Waals surface area contributed by atoms with Crippen LogP contribution in [0.5, 0.6) is 0 Å². The van der Waals surface area contributed by atoms with Crippen molar-refractivity contribution in [2.75, 3.05) is 18.0 Å². The lowest BCUT2D eigenvalue weighted by Crippen LogP contribution is -2.39. The van der Waals surface area contributed by atoms with E-state index in [1.54, 1.807) is 24.0 Å². The Balaban J connectivity index is 1.67. The number of carbonyl (C=O) groups excluding carboxylic acids is 2. The van der Waals surface area contributed by atoms with E-state index in [-0.39, 0.29) is 23.5 Å². The van der Waals surface area contributed by atoms with Gasteiger partial charge in [0.2, 0.25) is 11.8 Å². The fourth-order valence-electron chi connectivity index (χ4n) is 4.19. The number of carbonyl (C=O) groups is 2. The normalized spacial score (nSPS) is 19.3. The number of piperidine rings is 1. The maximum atomic E-state index is 13.3. The highest BCUT2D eigenvalue weighted by molar-refractivity contribution is 5.95. The summed E-state index contributed by atoms with van der Waals surface area (Å²) in [6, 6.07) is 6.19. The number of halogens is 1. The number of hydrogen-bond acceptors (Lipinski definition) is 4. The first-order chi connectivity index (χ1) is 13.9. The number of anilines is 1. The van der Waals surface area contributed by atoms with Crippen molar-refractivity contribution in [3.63, 3.8) is 0 Å². The quantitative estimate of drug-likeness (QED) is 0.800. The second-order valence-electron chi connectivity index (χ2n) is 7.88. The largest absolute Gasteiger partial charge is 0.342 e. The molecule has 1 atom stereocenters. The molecule has 1 fully saturated rings. The number of amides is 2. The third kappa shape index (κ3) is 3.99. The molecule has 7 heteroatoms. The molecule has 152 valence electrons. The molecule has 0 saturated carbocycles. The number of fused-ring (bicyclic) bond motifs is 1. The van der Waals surface area contributed by atoms with Gasteiger partial charge in [-0.2, -0.15) is 0 Å². The van der Waals surface area contributed by atoms with Crippen LogP contribution in [0.1, 0.15) is 54.7 Å². The SMILES string of the molecule is CC(=O)N1CCC[C@H](c2nc(C)c3c(n2)N(Cc2ccc(F)cc2)C(=O)CC3)C1. The molecule has 2 aliphatic heterocycles. The molecule has 0 spiro atoms. The topological polar surface area (TPSA) is 66.4 Å². The second kappa shape index (κ2) is 7.89. The first-order valence-electron chi connectivity index (χ1n) is 10.1. The Morgan fingerprint density at radius 3 is 2.69 bits per heavy atom. The van der Waals surface area contributed by atoms with Gasteiger partial charge in [-0.3, -0.25) is 14.5 Å². The fraction of sp³-hybridized carbons (Fsp3) is 0.455. The van der Waals surface area contributed by atoms with Crippen molar-refractivity contribution in [3.8, 4) is 0 Å². The highest BCUT2D eigenvalue weighted by atomic mass is 19.1. The van der Waals surface area contributed by atoms with Gasteiger partial charge < -0.3 is 4.90 Å². The Labute approximate surface area is 169 Å². The van der Waals surface area contributed by atoms with Gasteiger partial charge in [-0.25, -0.2) is 14.4 Å². The van der Waals surface area contributed by atoms with E-state index in [0.29, 0.717) is 37.6 Å². The van der Waals surface area contributed by atoms with E-state index in [4.69, 9.17) is 9.97 Å². The molecule has 3 heterocycles. The van der Waals surface area contributed by atoms with E-state index in [9.17, 15) is 14.0 Å². The van der Waals surface area contributed by atoms with Gasteiger partial charge in [-0.05, 0) is 43.9 Å². The first-order valence-corrected chi connectivity index (χ1v) is 10.1. The molecular formula is C22H25FN4O2. The summed E-state index contributed by atoms with van der Waals surface area (Å²) in [5.74, 6) is 1.21. The number of hydrogen-bond donors (Lipinski definition) is 0. The molecule has 2 aliphatic rings. The highest BCUT2D eigenvalue weighted by Crippen LogP contribution is 2.33. The average Bonchev–Trinajstić information content (AvgIpc) is 2.71. The zero-order valence-electron chi connectivity index (χ0n) is 16.8. The minimum absolute atomic E-state index is 0.0138. The van der Waals surface area contributed by atoms with Crippen molar-refractivity contribution < 1.29 is 14.0 Å². The van der Waals surface area contributed by atoms with Crippen molar-refractivity contribution in [3.05, 3.63) is 52.7 Å². The van der Waals surface area contributed by atoms with Crippen LogP contribution in [-0.4, -0.2) is 39.8 Å². The van der Waals surface area contributed by atoms with Crippen molar-refractivity contribution in [1.82, 2.24) is 14.9 Å². The van der Waals surface area contributed by atoms with Gasteiger partial charge in [0.05, 0.1) is 6.54 Å². The van der Waals surface area contributed by atoms with E-state index < -0.39 is 0 Å².